The second-order valence-corrected chi connectivity index (χ2v) is 6.55. The van der Waals surface area contributed by atoms with E-state index in [0.717, 1.165) is 0 Å². The van der Waals surface area contributed by atoms with E-state index in [1.807, 2.05) is 6.92 Å². The average Bonchev–Trinajstić information content (AvgIpc) is 3.21. The van der Waals surface area contributed by atoms with E-state index in [9.17, 15) is 15.0 Å². The van der Waals surface area contributed by atoms with Gasteiger partial charge in [0.2, 0.25) is 0 Å². The zero-order chi connectivity index (χ0) is 19.8. The molecule has 0 saturated carbocycles. The second kappa shape index (κ2) is 7.11. The van der Waals surface area contributed by atoms with Gasteiger partial charge in [-0.1, -0.05) is 13.8 Å². The van der Waals surface area contributed by atoms with Gasteiger partial charge in [-0.15, -0.1) is 0 Å². The number of nitrogens with two attached hydrogens (primary N) is 1. The van der Waals surface area contributed by atoms with E-state index in [-0.39, 0.29) is 11.7 Å². The molecule has 0 bridgehead atoms. The number of aliphatic hydroxyl groups is 2. The fraction of sp³-hybridized carbons (Fsp3) is 0.529. The standard InChI is InChI=1S/C17H21N5O5/c1-4-9(2)16(25)26-7-17(19-3)14(24)12(23)13(27-17)10-5-6-11-15(18)20-8-21-22(10)11/h5-6,8-9,12-14,23-24H,4,7H2,1-2H3,(H2,18,20,21)/t9-,12+,13+,14+,17-/m1/s1. The molecule has 5 atom stereocenters. The van der Waals surface area contributed by atoms with Gasteiger partial charge in [0.1, 0.15) is 24.1 Å². The molecular weight excluding hydrogens is 354 g/mol. The van der Waals surface area contributed by atoms with Crippen LogP contribution in [0, 0.1) is 12.5 Å². The van der Waals surface area contributed by atoms with Crippen molar-refractivity contribution in [3.05, 3.63) is 35.6 Å². The van der Waals surface area contributed by atoms with Crippen molar-refractivity contribution in [2.24, 2.45) is 5.92 Å². The fourth-order valence-electron chi connectivity index (χ4n) is 2.94. The summed E-state index contributed by atoms with van der Waals surface area (Å²) in [5.41, 5.74) is 4.79. The van der Waals surface area contributed by atoms with Crippen molar-refractivity contribution < 1.29 is 24.5 Å². The molecule has 0 spiro atoms. The third-order valence-corrected chi connectivity index (χ3v) is 4.85. The highest BCUT2D eigenvalue weighted by Crippen LogP contribution is 2.42. The van der Waals surface area contributed by atoms with Gasteiger partial charge in [0.05, 0.1) is 11.6 Å². The number of hydrogen-bond acceptors (Lipinski definition) is 8. The molecule has 2 aromatic rings. The van der Waals surface area contributed by atoms with Gasteiger partial charge in [0.25, 0.3) is 0 Å². The molecule has 144 valence electrons. The summed E-state index contributed by atoms with van der Waals surface area (Å²) in [6.45, 7) is 10.5. The van der Waals surface area contributed by atoms with E-state index < -0.39 is 36.6 Å². The lowest BCUT2D eigenvalue weighted by Crippen LogP contribution is -2.45. The number of rotatable bonds is 5. The number of anilines is 1. The molecule has 1 saturated heterocycles. The Labute approximate surface area is 155 Å². The zero-order valence-electron chi connectivity index (χ0n) is 14.9. The lowest BCUT2D eigenvalue weighted by atomic mass is 10.0. The normalized spacial score (nSPS) is 28.8. The largest absolute Gasteiger partial charge is 0.454 e. The number of carbonyl (C=O) groups is 1. The third kappa shape index (κ3) is 3.10. The minimum absolute atomic E-state index is 0.239. The van der Waals surface area contributed by atoms with Crippen molar-refractivity contribution in [2.75, 3.05) is 12.3 Å². The molecule has 0 aliphatic carbocycles. The lowest BCUT2D eigenvalue weighted by molar-refractivity contribution is -0.160. The lowest BCUT2D eigenvalue weighted by Gasteiger charge is -2.20. The maximum absolute atomic E-state index is 11.9. The molecule has 2 aromatic heterocycles. The van der Waals surface area contributed by atoms with E-state index >= 15 is 0 Å². The van der Waals surface area contributed by atoms with Crippen molar-refractivity contribution in [3.8, 4) is 0 Å². The third-order valence-electron chi connectivity index (χ3n) is 4.85. The maximum atomic E-state index is 11.9. The molecule has 10 nitrogen and oxygen atoms in total. The van der Waals surface area contributed by atoms with Crippen molar-refractivity contribution in [1.82, 2.24) is 14.6 Å². The van der Waals surface area contributed by atoms with Crippen molar-refractivity contribution in [2.45, 2.75) is 44.3 Å². The number of aliphatic hydroxyl groups excluding tert-OH is 2. The van der Waals surface area contributed by atoms with Gasteiger partial charge in [0, 0.05) is 0 Å². The van der Waals surface area contributed by atoms with Crippen LogP contribution in [0.2, 0.25) is 0 Å². The van der Waals surface area contributed by atoms with Crippen LogP contribution in [0.4, 0.5) is 5.82 Å². The van der Waals surface area contributed by atoms with Crippen LogP contribution in [0.1, 0.15) is 32.1 Å². The molecule has 3 heterocycles. The Bertz CT molecular complexity index is 893. The molecule has 1 aliphatic heterocycles. The highest BCUT2D eigenvalue weighted by Gasteiger charge is 2.62. The molecule has 1 aliphatic rings. The number of carbonyl (C=O) groups excluding carboxylic acids is 1. The van der Waals surface area contributed by atoms with Crippen LogP contribution in [-0.4, -0.2) is 55.3 Å². The van der Waals surface area contributed by atoms with Gasteiger partial charge in [0.15, 0.2) is 18.5 Å². The summed E-state index contributed by atoms with van der Waals surface area (Å²) in [6.07, 6.45) is -2.23. The first-order valence-electron chi connectivity index (χ1n) is 8.52. The number of nitrogens with zero attached hydrogens (tertiary/aromatic N) is 4. The van der Waals surface area contributed by atoms with E-state index in [1.54, 1.807) is 19.1 Å². The smallest absolute Gasteiger partial charge is 0.400 e. The summed E-state index contributed by atoms with van der Waals surface area (Å²) in [4.78, 5) is 19.2. The molecule has 1 fully saturated rings. The van der Waals surface area contributed by atoms with Gasteiger partial charge in [-0.2, -0.15) is 5.10 Å². The highest BCUT2D eigenvalue weighted by atomic mass is 16.6. The Morgan fingerprint density at radius 1 is 1.56 bits per heavy atom. The first-order valence-corrected chi connectivity index (χ1v) is 8.52. The van der Waals surface area contributed by atoms with Gasteiger partial charge >= 0.3 is 11.7 Å². The summed E-state index contributed by atoms with van der Waals surface area (Å²) >= 11 is 0. The van der Waals surface area contributed by atoms with Gasteiger partial charge < -0.3 is 20.7 Å². The molecular formula is C17H21N5O5. The van der Waals surface area contributed by atoms with Gasteiger partial charge in [-0.05, 0) is 18.6 Å². The van der Waals surface area contributed by atoms with Crippen molar-refractivity contribution in [1.29, 1.82) is 0 Å². The number of esters is 1. The van der Waals surface area contributed by atoms with Gasteiger partial charge in [-0.3, -0.25) is 14.4 Å². The summed E-state index contributed by atoms with van der Waals surface area (Å²) in [6, 6.07) is 3.26. The molecule has 3 rings (SSSR count). The Morgan fingerprint density at radius 2 is 2.30 bits per heavy atom. The van der Waals surface area contributed by atoms with E-state index in [1.165, 1.54) is 10.8 Å². The monoisotopic (exact) mass is 375 g/mol. The predicted molar refractivity (Wildman–Crippen MR) is 93.0 cm³/mol. The minimum atomic E-state index is -1.91. The Kier molecular flexibility index (Phi) is 5.01. The van der Waals surface area contributed by atoms with Crippen LogP contribution >= 0.6 is 0 Å². The summed E-state index contributed by atoms with van der Waals surface area (Å²) in [5, 5.41) is 25.0. The highest BCUT2D eigenvalue weighted by molar-refractivity contribution is 5.72. The van der Waals surface area contributed by atoms with Gasteiger partial charge in [-0.25, -0.2) is 16.1 Å². The molecule has 0 unspecified atom stereocenters. The zero-order valence-corrected chi connectivity index (χ0v) is 14.9. The van der Waals surface area contributed by atoms with Crippen LogP contribution in [-0.2, 0) is 14.3 Å². The molecule has 0 amide bonds. The van der Waals surface area contributed by atoms with Crippen LogP contribution in [0.25, 0.3) is 10.4 Å². The number of hydrogen-bond donors (Lipinski definition) is 3. The Balaban J connectivity index is 1.88. The molecule has 27 heavy (non-hydrogen) atoms. The first-order chi connectivity index (χ1) is 12.8. The van der Waals surface area contributed by atoms with Crippen molar-refractivity contribution in [3.63, 3.8) is 0 Å². The van der Waals surface area contributed by atoms with E-state index in [4.69, 9.17) is 21.8 Å². The van der Waals surface area contributed by atoms with E-state index in [0.29, 0.717) is 17.6 Å². The second-order valence-electron chi connectivity index (χ2n) is 6.55. The van der Waals surface area contributed by atoms with Crippen LogP contribution in [0.5, 0.6) is 0 Å². The number of ether oxygens (including phenoxy) is 2. The summed E-state index contributed by atoms with van der Waals surface area (Å²) in [5.74, 6) is -0.604. The van der Waals surface area contributed by atoms with Crippen LogP contribution in [0.3, 0.4) is 0 Å². The Hall–Kier alpha value is -2.74. The van der Waals surface area contributed by atoms with Crippen LogP contribution < -0.4 is 5.73 Å². The van der Waals surface area contributed by atoms with Crippen molar-refractivity contribution >= 4 is 17.3 Å². The predicted octanol–water partition coefficient (Wildman–Crippen LogP) is 0.309. The number of fused-ring (bicyclic) bond motifs is 1. The number of nitrogen functional groups attached to an aromatic ring is 1. The van der Waals surface area contributed by atoms with Crippen LogP contribution in [0.15, 0.2) is 18.5 Å². The first kappa shape index (κ1) is 19.0. The fourth-order valence-corrected chi connectivity index (χ4v) is 2.94. The quantitative estimate of drug-likeness (QED) is 0.502. The summed E-state index contributed by atoms with van der Waals surface area (Å²) < 4.78 is 12.3. The topological polar surface area (TPSA) is 137 Å². The van der Waals surface area contributed by atoms with E-state index in [2.05, 4.69) is 14.9 Å². The average molecular weight is 375 g/mol. The minimum Gasteiger partial charge on any atom is -0.454 e. The Morgan fingerprint density at radius 3 is 2.96 bits per heavy atom. The molecule has 4 N–H and O–H groups in total. The molecule has 10 heteroatoms. The maximum Gasteiger partial charge on any atom is 0.400 e. The summed E-state index contributed by atoms with van der Waals surface area (Å²) in [7, 11) is 0. The number of aromatic nitrogens is 3. The molecule has 0 aromatic carbocycles. The SMILES string of the molecule is [C-]#[N+][C@]1(COC(=O)[C@H](C)CC)O[C@@H](c2ccc3c(N)ncnn23)[C@H](O)[C@@H]1O. The molecule has 0 radical (unpaired) electrons.